The van der Waals surface area contributed by atoms with Gasteiger partial charge in [-0.1, -0.05) is 0 Å². The number of nitrogens with one attached hydrogen (secondary N) is 1. The van der Waals surface area contributed by atoms with Crippen LogP contribution in [0.1, 0.15) is 29.1 Å². The molecule has 1 aromatic carbocycles. The van der Waals surface area contributed by atoms with E-state index in [1.807, 2.05) is 0 Å². The summed E-state index contributed by atoms with van der Waals surface area (Å²) in [7, 11) is 0. The normalized spacial score (nSPS) is 13.1. The molecule has 0 bridgehead atoms. The van der Waals surface area contributed by atoms with E-state index in [1.165, 1.54) is 6.26 Å². The highest BCUT2D eigenvalue weighted by Crippen LogP contribution is 2.38. The number of rotatable bonds is 6. The Hall–Kier alpha value is -3.56. The summed E-state index contributed by atoms with van der Waals surface area (Å²) in [6.45, 7) is 0.995. The van der Waals surface area contributed by atoms with Gasteiger partial charge in [0.05, 0.1) is 23.3 Å². The third-order valence-corrected chi connectivity index (χ3v) is 3.59. The molecule has 0 saturated heterocycles. The van der Waals surface area contributed by atoms with Crippen molar-refractivity contribution in [1.29, 1.82) is 0 Å². The topological polar surface area (TPSA) is 130 Å². The summed E-state index contributed by atoms with van der Waals surface area (Å²) in [5.41, 5.74) is -0.824. The van der Waals surface area contributed by atoms with Crippen LogP contribution in [0.25, 0.3) is 0 Å². The van der Waals surface area contributed by atoms with E-state index >= 15 is 0 Å². The van der Waals surface area contributed by atoms with Crippen LogP contribution in [-0.4, -0.2) is 30.2 Å². The summed E-state index contributed by atoms with van der Waals surface area (Å²) < 4.78 is 20.2. The number of ether oxygens (including phenoxy) is 3. The first-order valence-corrected chi connectivity index (χ1v) is 7.53. The summed E-state index contributed by atoms with van der Waals surface area (Å²) in [6.07, 6.45) is 1.47. The molecule has 1 atom stereocenters. The van der Waals surface area contributed by atoms with Crippen LogP contribution < -0.4 is 14.8 Å². The molecule has 1 aromatic heterocycles. The first-order chi connectivity index (χ1) is 12.5. The zero-order valence-electron chi connectivity index (χ0n) is 13.6. The average molecular weight is 362 g/mol. The maximum absolute atomic E-state index is 12.2. The quantitative estimate of drug-likeness (QED) is 0.469. The number of hydrogen-bond donors (Lipinski definition) is 1. The van der Waals surface area contributed by atoms with Crippen LogP contribution in [0.2, 0.25) is 0 Å². The van der Waals surface area contributed by atoms with Gasteiger partial charge in [-0.3, -0.25) is 14.9 Å². The Morgan fingerprint density at radius 3 is 2.73 bits per heavy atom. The molecule has 3 rings (SSSR count). The number of amides is 1. The molecular formula is C16H14N2O8. The molecule has 1 amide bonds. The van der Waals surface area contributed by atoms with Gasteiger partial charge in [0, 0.05) is 6.07 Å². The molecule has 1 N–H and O–H groups in total. The Morgan fingerprint density at radius 1 is 1.35 bits per heavy atom. The van der Waals surface area contributed by atoms with Crippen molar-refractivity contribution in [3.05, 3.63) is 52.0 Å². The lowest BCUT2D eigenvalue weighted by atomic mass is 10.1. The maximum Gasteiger partial charge on any atom is 0.345 e. The third kappa shape index (κ3) is 3.58. The van der Waals surface area contributed by atoms with Crippen molar-refractivity contribution in [1.82, 2.24) is 5.32 Å². The van der Waals surface area contributed by atoms with Crippen LogP contribution in [0, 0.1) is 10.1 Å². The highest BCUT2D eigenvalue weighted by molar-refractivity contribution is 5.96. The fourth-order valence-corrected chi connectivity index (χ4v) is 2.35. The predicted octanol–water partition coefficient (Wildman–Crippen LogP) is 1.95. The number of fused-ring (bicyclic) bond motifs is 1. The van der Waals surface area contributed by atoms with Crippen molar-refractivity contribution in [2.45, 2.75) is 13.0 Å². The second kappa shape index (κ2) is 7.13. The van der Waals surface area contributed by atoms with E-state index in [0.29, 0.717) is 5.76 Å². The number of esters is 1. The van der Waals surface area contributed by atoms with Crippen LogP contribution in [0.5, 0.6) is 11.5 Å². The lowest BCUT2D eigenvalue weighted by Gasteiger charge is -2.11. The van der Waals surface area contributed by atoms with Crippen molar-refractivity contribution < 1.29 is 33.1 Å². The summed E-state index contributed by atoms with van der Waals surface area (Å²) in [4.78, 5) is 34.5. The van der Waals surface area contributed by atoms with E-state index in [2.05, 4.69) is 5.32 Å². The van der Waals surface area contributed by atoms with Gasteiger partial charge in [0.2, 0.25) is 6.79 Å². The van der Waals surface area contributed by atoms with Crippen LogP contribution in [0.4, 0.5) is 5.69 Å². The molecule has 0 radical (unpaired) electrons. The van der Waals surface area contributed by atoms with Crippen LogP contribution >= 0.6 is 0 Å². The monoisotopic (exact) mass is 362 g/mol. The number of nitrogens with zero attached hydrogens (tertiary/aromatic N) is 1. The van der Waals surface area contributed by atoms with Gasteiger partial charge in [0.15, 0.2) is 18.1 Å². The van der Waals surface area contributed by atoms with Crippen LogP contribution in [-0.2, 0) is 9.53 Å². The molecule has 0 aliphatic carbocycles. The van der Waals surface area contributed by atoms with E-state index in [0.717, 1.165) is 12.1 Å². The molecule has 26 heavy (non-hydrogen) atoms. The number of carbonyl (C=O) groups excluding carboxylic acids is 2. The molecule has 2 aromatic rings. The fourth-order valence-electron chi connectivity index (χ4n) is 2.35. The van der Waals surface area contributed by atoms with Crippen molar-refractivity contribution in [2.24, 2.45) is 0 Å². The summed E-state index contributed by atoms with van der Waals surface area (Å²) >= 11 is 0. The van der Waals surface area contributed by atoms with Gasteiger partial charge in [-0.15, -0.1) is 0 Å². The third-order valence-electron chi connectivity index (χ3n) is 3.59. The zero-order chi connectivity index (χ0) is 18.7. The minimum absolute atomic E-state index is 0.0991. The highest BCUT2D eigenvalue weighted by Gasteiger charge is 2.28. The summed E-state index contributed by atoms with van der Waals surface area (Å²) in [5.74, 6) is -0.700. The first kappa shape index (κ1) is 17.3. The van der Waals surface area contributed by atoms with Crippen molar-refractivity contribution in [3.8, 4) is 11.5 Å². The number of carbonyl (C=O) groups is 2. The molecule has 0 fully saturated rings. The molecule has 2 heterocycles. The van der Waals surface area contributed by atoms with Crippen molar-refractivity contribution in [3.63, 3.8) is 0 Å². The Morgan fingerprint density at radius 2 is 2.08 bits per heavy atom. The molecule has 10 nitrogen and oxygen atoms in total. The first-order valence-electron chi connectivity index (χ1n) is 7.53. The Labute approximate surface area is 146 Å². The van der Waals surface area contributed by atoms with Gasteiger partial charge in [0.1, 0.15) is 11.3 Å². The standard InChI is InChI=1S/C16H14N2O8/c1-9(12-3-2-4-23-12)17-15(19)7-24-16(20)10-5-13-14(26-8-25-13)6-11(10)18(21)22/h2-6,9H,7-8H2,1H3,(H,17,19)/t9-/m0/s1. The molecule has 1 aliphatic heterocycles. The molecule has 10 heteroatoms. The van der Waals surface area contributed by atoms with Gasteiger partial charge < -0.3 is 23.9 Å². The second-order valence-electron chi connectivity index (χ2n) is 5.36. The van der Waals surface area contributed by atoms with Crippen molar-refractivity contribution in [2.75, 3.05) is 13.4 Å². The van der Waals surface area contributed by atoms with E-state index in [4.69, 9.17) is 18.6 Å². The SMILES string of the molecule is C[C@H](NC(=O)COC(=O)c1cc2c(cc1[N+](=O)[O-])OCO2)c1ccco1. The number of benzene rings is 1. The Bertz CT molecular complexity index is 846. The molecular weight excluding hydrogens is 348 g/mol. The average Bonchev–Trinajstić information content (AvgIpc) is 3.29. The molecule has 0 saturated carbocycles. The van der Waals surface area contributed by atoms with E-state index in [-0.39, 0.29) is 23.9 Å². The van der Waals surface area contributed by atoms with Crippen LogP contribution in [0.3, 0.4) is 0 Å². The molecule has 1 aliphatic rings. The van der Waals surface area contributed by atoms with Gasteiger partial charge >= 0.3 is 5.97 Å². The molecule has 0 unspecified atom stereocenters. The van der Waals surface area contributed by atoms with Gasteiger partial charge in [-0.25, -0.2) is 4.79 Å². The van der Waals surface area contributed by atoms with Gasteiger partial charge in [0.25, 0.3) is 11.6 Å². The van der Waals surface area contributed by atoms with Crippen molar-refractivity contribution >= 4 is 17.6 Å². The van der Waals surface area contributed by atoms with E-state index in [9.17, 15) is 19.7 Å². The summed E-state index contributed by atoms with van der Waals surface area (Å²) in [6, 6.07) is 5.18. The smallest absolute Gasteiger partial charge is 0.345 e. The fraction of sp³-hybridized carbons (Fsp3) is 0.250. The number of nitro benzene ring substituents is 1. The second-order valence-corrected chi connectivity index (χ2v) is 5.36. The predicted molar refractivity (Wildman–Crippen MR) is 84.8 cm³/mol. The number of furan rings is 1. The lowest BCUT2D eigenvalue weighted by molar-refractivity contribution is -0.385. The Balaban J connectivity index is 1.65. The largest absolute Gasteiger partial charge is 0.467 e. The minimum atomic E-state index is -1.02. The van der Waals surface area contributed by atoms with Gasteiger partial charge in [-0.05, 0) is 19.1 Å². The van der Waals surface area contributed by atoms with E-state index < -0.39 is 35.1 Å². The number of nitro groups is 1. The molecule has 136 valence electrons. The highest BCUT2D eigenvalue weighted by atomic mass is 16.7. The molecule has 0 spiro atoms. The lowest BCUT2D eigenvalue weighted by Crippen LogP contribution is -2.31. The minimum Gasteiger partial charge on any atom is -0.467 e. The Kier molecular flexibility index (Phi) is 4.74. The maximum atomic E-state index is 12.2. The number of hydrogen-bond acceptors (Lipinski definition) is 8. The summed E-state index contributed by atoms with van der Waals surface area (Å²) in [5, 5.41) is 13.7. The van der Waals surface area contributed by atoms with Crippen LogP contribution in [0.15, 0.2) is 34.9 Å². The van der Waals surface area contributed by atoms with Gasteiger partial charge in [-0.2, -0.15) is 0 Å². The zero-order valence-corrected chi connectivity index (χ0v) is 13.6. The van der Waals surface area contributed by atoms with E-state index in [1.54, 1.807) is 19.1 Å².